The molecule has 1 aromatic rings. The van der Waals surface area contributed by atoms with Crippen LogP contribution in [0.25, 0.3) is 0 Å². The highest BCUT2D eigenvalue weighted by molar-refractivity contribution is 5.68. The van der Waals surface area contributed by atoms with Crippen LogP contribution in [-0.4, -0.2) is 27.6 Å². The monoisotopic (exact) mass is 249 g/mol. The number of anilines is 1. The molecule has 1 aliphatic rings. The van der Waals surface area contributed by atoms with E-state index >= 15 is 0 Å². The molecule has 5 nitrogen and oxygen atoms in total. The molecule has 0 amide bonds. The summed E-state index contributed by atoms with van der Waals surface area (Å²) in [6, 6.07) is 1.89. The van der Waals surface area contributed by atoms with Gasteiger partial charge >= 0.3 is 5.97 Å². The highest BCUT2D eigenvalue weighted by Crippen LogP contribution is 2.43. The average molecular weight is 249 g/mol. The van der Waals surface area contributed by atoms with Gasteiger partial charge in [-0.3, -0.25) is 4.79 Å². The number of carboxylic acids is 1. The summed E-state index contributed by atoms with van der Waals surface area (Å²) in [5.41, 5.74) is 0.837. The zero-order valence-corrected chi connectivity index (χ0v) is 10.9. The lowest BCUT2D eigenvalue weighted by Gasteiger charge is -2.41. The van der Waals surface area contributed by atoms with Crippen LogP contribution in [0.2, 0.25) is 0 Å². The summed E-state index contributed by atoms with van der Waals surface area (Å²) in [7, 11) is 0. The Labute approximate surface area is 107 Å². The summed E-state index contributed by atoms with van der Waals surface area (Å²) in [4.78, 5) is 19.4. The summed E-state index contributed by atoms with van der Waals surface area (Å²) in [6.45, 7) is 4.46. The quantitative estimate of drug-likeness (QED) is 0.836. The third kappa shape index (κ3) is 2.97. The van der Waals surface area contributed by atoms with Crippen molar-refractivity contribution in [1.82, 2.24) is 9.97 Å². The van der Waals surface area contributed by atoms with Gasteiger partial charge in [-0.15, -0.1) is 0 Å². The average Bonchev–Trinajstić information content (AvgIpc) is 2.20. The van der Waals surface area contributed by atoms with Gasteiger partial charge in [0.15, 0.2) is 0 Å². The van der Waals surface area contributed by atoms with Gasteiger partial charge in [-0.2, -0.15) is 0 Å². The molecule has 0 unspecified atom stereocenters. The van der Waals surface area contributed by atoms with E-state index in [4.69, 9.17) is 5.11 Å². The fraction of sp³-hybridized carbons (Fsp3) is 0.615. The van der Waals surface area contributed by atoms with Crippen molar-refractivity contribution in [3.63, 3.8) is 0 Å². The maximum absolute atomic E-state index is 10.9. The summed E-state index contributed by atoms with van der Waals surface area (Å²) < 4.78 is 0. The molecule has 5 heteroatoms. The van der Waals surface area contributed by atoms with Gasteiger partial charge in [-0.1, -0.05) is 6.42 Å². The molecule has 2 rings (SSSR count). The fourth-order valence-electron chi connectivity index (χ4n) is 2.50. The number of rotatable bonds is 5. The number of hydrogen-bond donors (Lipinski definition) is 2. The van der Waals surface area contributed by atoms with Crippen LogP contribution in [0.1, 0.15) is 37.2 Å². The molecule has 0 aromatic carbocycles. The van der Waals surface area contributed by atoms with Crippen LogP contribution in [0, 0.1) is 19.3 Å². The summed E-state index contributed by atoms with van der Waals surface area (Å²) in [6.07, 6.45) is 3.32. The van der Waals surface area contributed by atoms with Crippen molar-refractivity contribution < 1.29 is 9.90 Å². The summed E-state index contributed by atoms with van der Waals surface area (Å²) in [5, 5.41) is 12.2. The van der Waals surface area contributed by atoms with Crippen molar-refractivity contribution in [2.24, 2.45) is 5.41 Å². The highest BCUT2D eigenvalue weighted by Gasteiger charge is 2.38. The predicted octanol–water partition coefficient (Wildman–Crippen LogP) is 2.15. The normalized spacial score (nSPS) is 17.0. The van der Waals surface area contributed by atoms with Gasteiger partial charge in [-0.25, -0.2) is 9.97 Å². The maximum atomic E-state index is 10.9. The molecule has 2 N–H and O–H groups in total. The van der Waals surface area contributed by atoms with Crippen molar-refractivity contribution in [3.8, 4) is 0 Å². The molecule has 0 aliphatic heterocycles. The predicted molar refractivity (Wildman–Crippen MR) is 68.5 cm³/mol. The SMILES string of the molecule is Cc1cc(NCC2(CC(=O)O)CCC2)nc(C)n1. The lowest BCUT2D eigenvalue weighted by molar-refractivity contribution is -0.141. The molecule has 1 aromatic heterocycles. The molecular weight excluding hydrogens is 230 g/mol. The minimum absolute atomic E-state index is 0.0847. The van der Waals surface area contributed by atoms with Crippen LogP contribution >= 0.6 is 0 Å². The minimum atomic E-state index is -0.716. The number of carbonyl (C=O) groups is 1. The minimum Gasteiger partial charge on any atom is -0.481 e. The molecular formula is C13H19N3O2. The molecule has 0 bridgehead atoms. The molecule has 1 fully saturated rings. The molecule has 1 saturated carbocycles. The van der Waals surface area contributed by atoms with Crippen molar-refractivity contribution >= 4 is 11.8 Å². The van der Waals surface area contributed by atoms with Gasteiger partial charge in [-0.05, 0) is 32.1 Å². The Hall–Kier alpha value is -1.65. The number of aliphatic carboxylic acids is 1. The van der Waals surface area contributed by atoms with Crippen molar-refractivity contribution in [2.45, 2.75) is 39.5 Å². The van der Waals surface area contributed by atoms with E-state index < -0.39 is 5.97 Å². The van der Waals surface area contributed by atoms with Crippen LogP contribution in [-0.2, 0) is 4.79 Å². The number of aromatic nitrogens is 2. The third-order valence-corrected chi connectivity index (χ3v) is 3.55. The Morgan fingerprint density at radius 1 is 1.44 bits per heavy atom. The Kier molecular flexibility index (Phi) is 3.50. The standard InChI is InChI=1S/C13H19N3O2/c1-9-6-11(16-10(2)15-9)14-8-13(4-3-5-13)7-12(17)18/h6H,3-5,7-8H2,1-2H3,(H,17,18)(H,14,15,16). The second-order valence-corrected chi connectivity index (χ2v) is 5.22. The first-order valence-corrected chi connectivity index (χ1v) is 6.27. The van der Waals surface area contributed by atoms with Crippen molar-refractivity contribution in [2.75, 3.05) is 11.9 Å². The van der Waals surface area contributed by atoms with E-state index in [2.05, 4.69) is 15.3 Å². The van der Waals surface area contributed by atoms with Crippen LogP contribution in [0.15, 0.2) is 6.07 Å². The number of carboxylic acid groups (broad SMARTS) is 1. The molecule has 0 radical (unpaired) electrons. The lowest BCUT2D eigenvalue weighted by Crippen LogP contribution is -2.38. The van der Waals surface area contributed by atoms with Gasteiger partial charge in [0.1, 0.15) is 11.6 Å². The first-order valence-electron chi connectivity index (χ1n) is 6.27. The summed E-state index contributed by atoms with van der Waals surface area (Å²) >= 11 is 0. The van der Waals surface area contributed by atoms with E-state index in [0.717, 1.165) is 36.6 Å². The van der Waals surface area contributed by atoms with Crippen molar-refractivity contribution in [1.29, 1.82) is 0 Å². The second kappa shape index (κ2) is 4.92. The first-order chi connectivity index (χ1) is 8.49. The topological polar surface area (TPSA) is 75.1 Å². The van der Waals surface area contributed by atoms with E-state index in [1.165, 1.54) is 0 Å². The van der Waals surface area contributed by atoms with Crippen LogP contribution in [0.5, 0.6) is 0 Å². The molecule has 0 saturated heterocycles. The maximum Gasteiger partial charge on any atom is 0.303 e. The second-order valence-electron chi connectivity index (χ2n) is 5.22. The smallest absolute Gasteiger partial charge is 0.303 e. The van der Waals surface area contributed by atoms with Gasteiger partial charge < -0.3 is 10.4 Å². The molecule has 1 heterocycles. The number of aryl methyl sites for hydroxylation is 2. The largest absolute Gasteiger partial charge is 0.481 e. The number of hydrogen-bond acceptors (Lipinski definition) is 4. The Morgan fingerprint density at radius 3 is 2.67 bits per heavy atom. The highest BCUT2D eigenvalue weighted by atomic mass is 16.4. The van der Waals surface area contributed by atoms with Crippen LogP contribution < -0.4 is 5.32 Å². The van der Waals surface area contributed by atoms with E-state index in [9.17, 15) is 4.79 Å². The van der Waals surface area contributed by atoms with E-state index in [0.29, 0.717) is 6.54 Å². The Balaban J connectivity index is 1.99. The zero-order valence-electron chi connectivity index (χ0n) is 10.9. The van der Waals surface area contributed by atoms with E-state index in [-0.39, 0.29) is 11.8 Å². The van der Waals surface area contributed by atoms with E-state index in [1.54, 1.807) is 0 Å². The molecule has 18 heavy (non-hydrogen) atoms. The van der Waals surface area contributed by atoms with Gasteiger partial charge in [0.05, 0.1) is 6.42 Å². The van der Waals surface area contributed by atoms with Crippen LogP contribution in [0.4, 0.5) is 5.82 Å². The molecule has 0 atom stereocenters. The van der Waals surface area contributed by atoms with Gasteiger partial charge in [0.2, 0.25) is 0 Å². The zero-order chi connectivity index (χ0) is 13.2. The van der Waals surface area contributed by atoms with Gasteiger partial charge in [0, 0.05) is 18.3 Å². The Morgan fingerprint density at radius 2 is 2.17 bits per heavy atom. The third-order valence-electron chi connectivity index (χ3n) is 3.55. The van der Waals surface area contributed by atoms with Crippen molar-refractivity contribution in [3.05, 3.63) is 17.6 Å². The fourth-order valence-corrected chi connectivity index (χ4v) is 2.50. The molecule has 98 valence electrons. The van der Waals surface area contributed by atoms with E-state index in [1.807, 2.05) is 19.9 Å². The molecule has 0 spiro atoms. The van der Waals surface area contributed by atoms with Gasteiger partial charge in [0.25, 0.3) is 0 Å². The Bertz CT molecular complexity index is 435. The lowest BCUT2D eigenvalue weighted by atomic mass is 9.66. The number of nitrogens with zero attached hydrogens (tertiary/aromatic N) is 2. The molecule has 1 aliphatic carbocycles. The summed E-state index contributed by atoms with van der Waals surface area (Å²) in [5.74, 6) is 0.807. The number of nitrogens with one attached hydrogen (secondary N) is 1. The van der Waals surface area contributed by atoms with Crippen LogP contribution in [0.3, 0.4) is 0 Å². The first kappa shape index (κ1) is 12.8.